The average molecular weight is 345 g/mol. The first-order valence-corrected chi connectivity index (χ1v) is 8.88. The number of rotatable bonds is 4. The van der Waals surface area contributed by atoms with Crippen LogP contribution in [0, 0.1) is 0 Å². The molecule has 1 aliphatic heterocycles. The van der Waals surface area contributed by atoms with Crippen molar-refractivity contribution in [2.45, 2.75) is 23.8 Å². The number of sulfonamides is 1. The normalized spacial score (nSPS) is 20.3. The van der Waals surface area contributed by atoms with Crippen molar-refractivity contribution in [2.24, 2.45) is 0 Å². The number of benzene rings is 1. The van der Waals surface area contributed by atoms with E-state index in [0.717, 1.165) is 12.8 Å². The van der Waals surface area contributed by atoms with E-state index in [9.17, 15) is 13.2 Å². The maximum absolute atomic E-state index is 12.6. The zero-order valence-electron chi connectivity index (χ0n) is 12.2. The summed E-state index contributed by atoms with van der Waals surface area (Å²) in [5, 5.41) is 0.228. The van der Waals surface area contributed by atoms with E-state index in [4.69, 9.17) is 16.3 Å². The van der Waals surface area contributed by atoms with Crippen LogP contribution >= 0.6 is 11.6 Å². The summed E-state index contributed by atoms with van der Waals surface area (Å²) in [6.07, 6.45) is 2.04. The summed E-state index contributed by atoms with van der Waals surface area (Å²) >= 11 is 5.99. The van der Waals surface area contributed by atoms with E-state index in [1.165, 1.54) is 29.6 Å². The van der Waals surface area contributed by atoms with Gasteiger partial charge < -0.3 is 9.64 Å². The standard InChI is InChI=1S/C14H17ClN2O4S/c1-21-13-5-4-11(8-12(13)15)22(19,20)16-6-7-17(10-2-3-10)14(18)9-16/h4-5,8,10H,2-3,6-7,9H2,1H3. The van der Waals surface area contributed by atoms with Crippen molar-refractivity contribution < 1.29 is 17.9 Å². The molecule has 0 N–H and O–H groups in total. The highest BCUT2D eigenvalue weighted by Gasteiger charge is 2.39. The van der Waals surface area contributed by atoms with Gasteiger partial charge in [0, 0.05) is 19.1 Å². The number of methoxy groups -OCH3 is 1. The summed E-state index contributed by atoms with van der Waals surface area (Å²) in [7, 11) is -2.26. The van der Waals surface area contributed by atoms with Crippen LogP contribution in [-0.4, -0.2) is 56.3 Å². The lowest BCUT2D eigenvalue weighted by Gasteiger charge is -2.33. The molecule has 22 heavy (non-hydrogen) atoms. The first-order chi connectivity index (χ1) is 10.4. The minimum Gasteiger partial charge on any atom is -0.495 e. The number of nitrogens with zero attached hydrogens (tertiary/aromatic N) is 2. The maximum atomic E-state index is 12.6. The van der Waals surface area contributed by atoms with Crippen molar-refractivity contribution >= 4 is 27.5 Å². The Morgan fingerprint density at radius 2 is 2.00 bits per heavy atom. The number of ether oxygens (including phenoxy) is 1. The molecule has 1 aromatic carbocycles. The first-order valence-electron chi connectivity index (χ1n) is 7.06. The number of carbonyl (C=O) groups is 1. The number of carbonyl (C=O) groups excluding carboxylic acids is 1. The summed E-state index contributed by atoms with van der Waals surface area (Å²) in [5.41, 5.74) is 0. The molecule has 0 unspecified atom stereocenters. The van der Waals surface area contributed by atoms with Crippen molar-refractivity contribution in [1.29, 1.82) is 0 Å². The molecule has 1 saturated heterocycles. The van der Waals surface area contributed by atoms with Crippen molar-refractivity contribution in [3.05, 3.63) is 23.2 Å². The van der Waals surface area contributed by atoms with E-state index >= 15 is 0 Å². The van der Waals surface area contributed by atoms with E-state index in [-0.39, 0.29) is 22.4 Å². The third-order valence-electron chi connectivity index (χ3n) is 3.97. The Hall–Kier alpha value is -1.31. The Kier molecular flexibility index (Phi) is 4.05. The molecular formula is C14H17ClN2O4S. The molecule has 1 aliphatic carbocycles. The number of amides is 1. The molecule has 0 bridgehead atoms. The molecule has 120 valence electrons. The van der Waals surface area contributed by atoms with Crippen LogP contribution in [0.15, 0.2) is 23.1 Å². The van der Waals surface area contributed by atoms with E-state index in [1.54, 1.807) is 4.90 Å². The second-order valence-corrected chi connectivity index (χ2v) is 7.80. The largest absolute Gasteiger partial charge is 0.495 e. The molecule has 2 aliphatic rings. The van der Waals surface area contributed by atoms with Crippen molar-refractivity contribution in [3.8, 4) is 5.75 Å². The number of hydrogen-bond acceptors (Lipinski definition) is 4. The highest BCUT2D eigenvalue weighted by Crippen LogP contribution is 2.31. The Morgan fingerprint density at radius 1 is 1.27 bits per heavy atom. The zero-order valence-corrected chi connectivity index (χ0v) is 13.7. The molecule has 8 heteroatoms. The fourth-order valence-corrected chi connectivity index (χ4v) is 4.33. The fourth-order valence-electron chi connectivity index (χ4n) is 2.60. The molecular weight excluding hydrogens is 328 g/mol. The van der Waals surface area contributed by atoms with Gasteiger partial charge in [-0.25, -0.2) is 8.42 Å². The summed E-state index contributed by atoms with van der Waals surface area (Å²) in [4.78, 5) is 14.0. The summed E-state index contributed by atoms with van der Waals surface area (Å²) in [6, 6.07) is 4.62. The van der Waals surface area contributed by atoms with Gasteiger partial charge in [0.2, 0.25) is 15.9 Å². The molecule has 0 atom stereocenters. The molecule has 6 nitrogen and oxygen atoms in total. The van der Waals surface area contributed by atoms with E-state index in [0.29, 0.717) is 24.9 Å². The Morgan fingerprint density at radius 3 is 2.55 bits per heavy atom. The van der Waals surface area contributed by atoms with Crippen LogP contribution in [-0.2, 0) is 14.8 Å². The smallest absolute Gasteiger partial charge is 0.243 e. The Labute approximate surface area is 134 Å². The molecule has 0 aromatic heterocycles. The topological polar surface area (TPSA) is 66.9 Å². The molecule has 0 spiro atoms. The molecule has 1 heterocycles. The minimum absolute atomic E-state index is 0.0750. The quantitative estimate of drug-likeness (QED) is 0.826. The van der Waals surface area contributed by atoms with E-state index in [1.807, 2.05) is 0 Å². The van der Waals surface area contributed by atoms with Crippen LogP contribution < -0.4 is 4.74 Å². The third-order valence-corrected chi connectivity index (χ3v) is 6.11. The summed E-state index contributed by atoms with van der Waals surface area (Å²) < 4.78 is 31.5. The average Bonchev–Trinajstić information content (AvgIpc) is 3.31. The van der Waals surface area contributed by atoms with Crippen molar-refractivity contribution in [3.63, 3.8) is 0 Å². The van der Waals surface area contributed by atoms with Gasteiger partial charge in [-0.3, -0.25) is 4.79 Å². The van der Waals surface area contributed by atoms with Crippen LogP contribution in [0.3, 0.4) is 0 Å². The molecule has 3 rings (SSSR count). The van der Waals surface area contributed by atoms with Gasteiger partial charge in [0.1, 0.15) is 5.75 Å². The van der Waals surface area contributed by atoms with Crippen LogP contribution in [0.2, 0.25) is 5.02 Å². The Balaban J connectivity index is 1.81. The lowest BCUT2D eigenvalue weighted by Crippen LogP contribution is -2.52. The zero-order chi connectivity index (χ0) is 15.9. The molecule has 1 amide bonds. The van der Waals surface area contributed by atoms with Crippen LogP contribution in [0.25, 0.3) is 0 Å². The van der Waals surface area contributed by atoms with Crippen LogP contribution in [0.5, 0.6) is 5.75 Å². The second-order valence-electron chi connectivity index (χ2n) is 5.45. The van der Waals surface area contributed by atoms with Gasteiger partial charge in [-0.15, -0.1) is 0 Å². The van der Waals surface area contributed by atoms with Gasteiger partial charge in [0.05, 0.1) is 23.6 Å². The monoisotopic (exact) mass is 344 g/mol. The van der Waals surface area contributed by atoms with E-state index < -0.39 is 10.0 Å². The first kappa shape index (κ1) is 15.6. The molecule has 0 radical (unpaired) electrons. The predicted molar refractivity (Wildman–Crippen MR) is 81.5 cm³/mol. The summed E-state index contributed by atoms with van der Waals surface area (Å²) in [5.74, 6) is 0.284. The second kappa shape index (κ2) is 5.72. The maximum Gasteiger partial charge on any atom is 0.243 e. The van der Waals surface area contributed by atoms with Gasteiger partial charge in [-0.05, 0) is 31.0 Å². The van der Waals surface area contributed by atoms with E-state index in [2.05, 4.69) is 0 Å². The SMILES string of the molecule is COc1ccc(S(=O)(=O)N2CCN(C3CC3)C(=O)C2)cc1Cl. The summed E-state index contributed by atoms with van der Waals surface area (Å²) in [6.45, 7) is 0.656. The number of hydrogen-bond donors (Lipinski definition) is 0. The van der Waals surface area contributed by atoms with Gasteiger partial charge in [-0.2, -0.15) is 4.31 Å². The number of piperazine rings is 1. The van der Waals surface area contributed by atoms with Crippen molar-refractivity contribution in [1.82, 2.24) is 9.21 Å². The van der Waals surface area contributed by atoms with Crippen LogP contribution in [0.4, 0.5) is 0 Å². The molecule has 1 saturated carbocycles. The van der Waals surface area contributed by atoms with Gasteiger partial charge >= 0.3 is 0 Å². The van der Waals surface area contributed by atoms with Gasteiger partial charge in [0.25, 0.3) is 0 Å². The lowest BCUT2D eigenvalue weighted by atomic mass is 10.3. The molecule has 1 aromatic rings. The highest BCUT2D eigenvalue weighted by molar-refractivity contribution is 7.89. The molecule has 2 fully saturated rings. The third kappa shape index (κ3) is 2.80. The van der Waals surface area contributed by atoms with Gasteiger partial charge in [0.15, 0.2) is 0 Å². The number of halogens is 1. The fraction of sp³-hybridized carbons (Fsp3) is 0.500. The van der Waals surface area contributed by atoms with Gasteiger partial charge in [-0.1, -0.05) is 11.6 Å². The lowest BCUT2D eigenvalue weighted by molar-refractivity contribution is -0.134. The Bertz CT molecular complexity index is 703. The highest BCUT2D eigenvalue weighted by atomic mass is 35.5. The predicted octanol–water partition coefficient (Wildman–Crippen LogP) is 1.34. The minimum atomic E-state index is -3.73. The van der Waals surface area contributed by atoms with Crippen LogP contribution in [0.1, 0.15) is 12.8 Å². The van der Waals surface area contributed by atoms with Crippen molar-refractivity contribution in [2.75, 3.05) is 26.7 Å².